The smallest absolute Gasteiger partial charge is 0.321 e. The maximum absolute atomic E-state index is 12.9. The van der Waals surface area contributed by atoms with Gasteiger partial charge in [-0.3, -0.25) is 4.79 Å². The predicted octanol–water partition coefficient (Wildman–Crippen LogP) is 1.76. The van der Waals surface area contributed by atoms with Crippen LogP contribution in [0.5, 0.6) is 0 Å². The number of carbonyl (C=O) groups excluding carboxylic acids is 1. The molecule has 2 rings (SSSR count). The van der Waals surface area contributed by atoms with Crippen molar-refractivity contribution in [2.24, 2.45) is 0 Å². The molecule has 1 aliphatic rings. The number of esters is 1. The van der Waals surface area contributed by atoms with Crippen LogP contribution in [0.1, 0.15) is 32.1 Å². The first kappa shape index (κ1) is 18.3. The summed E-state index contributed by atoms with van der Waals surface area (Å²) in [5.74, 6) is -0.559. The van der Waals surface area contributed by atoms with Crippen LogP contribution in [0.25, 0.3) is 0 Å². The van der Waals surface area contributed by atoms with Gasteiger partial charge >= 0.3 is 5.97 Å². The molecule has 1 fully saturated rings. The highest BCUT2D eigenvalue weighted by Crippen LogP contribution is 2.34. The van der Waals surface area contributed by atoms with E-state index in [0.29, 0.717) is 25.2 Å². The third-order valence-corrected chi connectivity index (χ3v) is 6.53. The summed E-state index contributed by atoms with van der Waals surface area (Å²) in [7, 11) is -3.81. The van der Waals surface area contributed by atoms with E-state index in [1.165, 1.54) is 0 Å². The van der Waals surface area contributed by atoms with Gasteiger partial charge in [-0.05, 0) is 24.8 Å². The summed E-state index contributed by atoms with van der Waals surface area (Å²) < 4.78 is 42.8. The highest BCUT2D eigenvalue weighted by molar-refractivity contribution is 7.91. The molecule has 23 heavy (non-hydrogen) atoms. The lowest BCUT2D eigenvalue weighted by Crippen LogP contribution is -2.37. The van der Waals surface area contributed by atoms with E-state index < -0.39 is 22.3 Å². The summed E-state index contributed by atoms with van der Waals surface area (Å²) >= 11 is 1.10. The minimum atomic E-state index is -3.81. The number of nitrogens with zero attached hydrogens (tertiary/aromatic N) is 1. The molecule has 0 aliphatic carbocycles. The highest BCUT2D eigenvalue weighted by Gasteiger charge is 2.33. The van der Waals surface area contributed by atoms with E-state index in [0.717, 1.165) is 15.6 Å². The predicted molar refractivity (Wildman–Crippen MR) is 84.6 cm³/mol. The van der Waals surface area contributed by atoms with Crippen molar-refractivity contribution in [2.45, 2.75) is 30.8 Å². The normalized spacial score (nSPS) is 16.1. The number of rotatable bonds is 8. The molecule has 2 heterocycles. The molecule has 0 spiro atoms. The second-order valence-corrected chi connectivity index (χ2v) is 7.93. The molecule has 130 valence electrons. The van der Waals surface area contributed by atoms with E-state index in [9.17, 15) is 13.2 Å². The number of ether oxygens (including phenoxy) is 3. The molecule has 0 bridgehead atoms. The molecule has 0 atom stereocenters. The monoisotopic (exact) mass is 363 g/mol. The number of carbonyl (C=O) groups is 1. The Kier molecular flexibility index (Phi) is 6.54. The SMILES string of the molecule is CCCN(CC(=O)OCC)S(=O)(=O)c1sccc1C1OCCO1. The van der Waals surface area contributed by atoms with Crippen molar-refractivity contribution in [3.63, 3.8) is 0 Å². The van der Waals surface area contributed by atoms with Gasteiger partial charge in [0.05, 0.1) is 19.8 Å². The number of hydrogen-bond acceptors (Lipinski definition) is 7. The molecule has 1 saturated heterocycles. The van der Waals surface area contributed by atoms with Crippen LogP contribution in [0.15, 0.2) is 15.7 Å². The number of hydrogen-bond donors (Lipinski definition) is 0. The quantitative estimate of drug-likeness (QED) is 0.655. The lowest BCUT2D eigenvalue weighted by atomic mass is 10.3. The third-order valence-electron chi connectivity index (χ3n) is 3.19. The molecule has 0 unspecified atom stereocenters. The summed E-state index contributed by atoms with van der Waals surface area (Å²) in [5.41, 5.74) is 0.484. The molecule has 0 aromatic carbocycles. The third kappa shape index (κ3) is 4.30. The van der Waals surface area contributed by atoms with Gasteiger partial charge in [0, 0.05) is 12.1 Å². The largest absolute Gasteiger partial charge is 0.465 e. The van der Waals surface area contributed by atoms with E-state index in [-0.39, 0.29) is 23.9 Å². The lowest BCUT2D eigenvalue weighted by molar-refractivity contribution is -0.143. The van der Waals surface area contributed by atoms with Gasteiger partial charge in [0.25, 0.3) is 10.0 Å². The van der Waals surface area contributed by atoms with Crippen LogP contribution in [0, 0.1) is 0 Å². The fraction of sp³-hybridized carbons (Fsp3) is 0.643. The number of thiophene rings is 1. The summed E-state index contributed by atoms with van der Waals surface area (Å²) in [4.78, 5) is 11.7. The zero-order valence-corrected chi connectivity index (χ0v) is 14.8. The van der Waals surface area contributed by atoms with E-state index >= 15 is 0 Å². The first-order chi connectivity index (χ1) is 11.0. The Hall–Kier alpha value is -1.00. The van der Waals surface area contributed by atoms with E-state index in [1.807, 2.05) is 6.92 Å². The van der Waals surface area contributed by atoms with E-state index in [1.54, 1.807) is 18.4 Å². The fourth-order valence-electron chi connectivity index (χ4n) is 2.23. The molecule has 0 saturated carbocycles. The molecular weight excluding hydrogens is 342 g/mol. The summed E-state index contributed by atoms with van der Waals surface area (Å²) in [5, 5.41) is 1.68. The topological polar surface area (TPSA) is 82.1 Å². The molecule has 1 aliphatic heterocycles. The first-order valence-corrected chi connectivity index (χ1v) is 9.79. The Morgan fingerprint density at radius 2 is 2.09 bits per heavy atom. The van der Waals surface area contributed by atoms with Gasteiger partial charge in [0.2, 0.25) is 0 Å². The van der Waals surface area contributed by atoms with Crippen molar-refractivity contribution < 1.29 is 27.4 Å². The Bertz CT molecular complexity index is 621. The summed E-state index contributed by atoms with van der Waals surface area (Å²) in [6.45, 7) is 4.56. The van der Waals surface area contributed by atoms with Gasteiger partial charge in [-0.25, -0.2) is 8.42 Å². The van der Waals surface area contributed by atoms with Crippen molar-refractivity contribution >= 4 is 27.3 Å². The standard InChI is InChI=1S/C14H21NO6S2/c1-3-6-15(10-12(16)19-4-2)23(17,18)14-11(5-9-22-14)13-20-7-8-21-13/h5,9,13H,3-4,6-8,10H2,1-2H3. The van der Waals surface area contributed by atoms with Crippen LogP contribution in [-0.2, 0) is 29.0 Å². The second-order valence-electron chi connectivity index (χ2n) is 4.88. The van der Waals surface area contributed by atoms with Gasteiger partial charge in [-0.2, -0.15) is 4.31 Å². The van der Waals surface area contributed by atoms with Crippen molar-refractivity contribution in [1.82, 2.24) is 4.31 Å². The molecule has 0 N–H and O–H groups in total. The Labute approximate surface area is 140 Å². The van der Waals surface area contributed by atoms with Crippen LogP contribution >= 0.6 is 11.3 Å². The Morgan fingerprint density at radius 3 is 2.70 bits per heavy atom. The van der Waals surface area contributed by atoms with Crippen LogP contribution < -0.4 is 0 Å². The zero-order chi connectivity index (χ0) is 16.9. The molecule has 0 radical (unpaired) electrons. The first-order valence-electron chi connectivity index (χ1n) is 7.47. The zero-order valence-electron chi connectivity index (χ0n) is 13.2. The van der Waals surface area contributed by atoms with Gasteiger partial charge in [-0.15, -0.1) is 11.3 Å². The average molecular weight is 363 g/mol. The minimum Gasteiger partial charge on any atom is -0.465 e. The second kappa shape index (κ2) is 8.20. The van der Waals surface area contributed by atoms with Gasteiger partial charge in [-0.1, -0.05) is 6.92 Å². The maximum atomic E-state index is 12.9. The average Bonchev–Trinajstić information content (AvgIpc) is 3.18. The Balaban J connectivity index is 2.27. The summed E-state index contributed by atoms with van der Waals surface area (Å²) in [6.07, 6.45) is -0.0763. The lowest BCUT2D eigenvalue weighted by Gasteiger charge is -2.21. The van der Waals surface area contributed by atoms with Crippen molar-refractivity contribution in [1.29, 1.82) is 0 Å². The molecular formula is C14H21NO6S2. The van der Waals surface area contributed by atoms with Crippen LogP contribution in [0.2, 0.25) is 0 Å². The fourth-order valence-corrected chi connectivity index (χ4v) is 5.23. The minimum absolute atomic E-state index is 0.155. The molecule has 1 aromatic rings. The van der Waals surface area contributed by atoms with Gasteiger partial charge in [0.1, 0.15) is 10.8 Å². The van der Waals surface area contributed by atoms with Crippen LogP contribution in [-0.4, -0.2) is 51.6 Å². The van der Waals surface area contributed by atoms with Crippen molar-refractivity contribution in [2.75, 3.05) is 32.9 Å². The molecule has 7 nitrogen and oxygen atoms in total. The highest BCUT2D eigenvalue weighted by atomic mass is 32.2. The summed E-state index contributed by atoms with van der Waals surface area (Å²) in [6, 6.07) is 1.68. The van der Waals surface area contributed by atoms with E-state index in [4.69, 9.17) is 14.2 Å². The molecule has 0 amide bonds. The van der Waals surface area contributed by atoms with Gasteiger partial charge < -0.3 is 14.2 Å². The van der Waals surface area contributed by atoms with E-state index in [2.05, 4.69) is 0 Å². The van der Waals surface area contributed by atoms with Crippen LogP contribution in [0.3, 0.4) is 0 Å². The van der Waals surface area contributed by atoms with Crippen molar-refractivity contribution in [3.05, 3.63) is 17.0 Å². The maximum Gasteiger partial charge on any atom is 0.321 e. The number of sulfonamides is 1. The Morgan fingerprint density at radius 1 is 1.39 bits per heavy atom. The molecule has 9 heteroatoms. The molecule has 1 aromatic heterocycles. The van der Waals surface area contributed by atoms with Crippen LogP contribution in [0.4, 0.5) is 0 Å². The van der Waals surface area contributed by atoms with Gasteiger partial charge in [0.15, 0.2) is 6.29 Å². The van der Waals surface area contributed by atoms with Crippen molar-refractivity contribution in [3.8, 4) is 0 Å².